The number of nitrogens with one attached hydrogen (secondary N) is 1. The zero-order valence-corrected chi connectivity index (χ0v) is 11.6. The van der Waals surface area contributed by atoms with E-state index in [0.29, 0.717) is 6.42 Å². The number of halogens is 1. The van der Waals surface area contributed by atoms with E-state index in [4.69, 9.17) is 5.11 Å². The molecule has 90 valence electrons. The van der Waals surface area contributed by atoms with Crippen molar-refractivity contribution in [3.05, 3.63) is 20.8 Å². The molecule has 1 heterocycles. The van der Waals surface area contributed by atoms with Gasteiger partial charge in [-0.15, -0.1) is 11.3 Å². The first-order valence-electron chi connectivity index (χ1n) is 5.26. The Hall–Kier alpha value is -0.390. The molecule has 0 fully saturated rings. The van der Waals surface area contributed by atoms with Gasteiger partial charge in [-0.2, -0.15) is 0 Å². The number of rotatable bonds is 7. The van der Waals surface area contributed by atoms with Crippen molar-refractivity contribution >= 4 is 33.2 Å². The molecule has 1 unspecified atom stereocenters. The molecule has 16 heavy (non-hydrogen) atoms. The second-order valence-electron chi connectivity index (χ2n) is 3.76. The maximum atomic E-state index is 10.6. The third-order valence-corrected chi connectivity index (χ3v) is 4.10. The Morgan fingerprint density at radius 2 is 2.38 bits per heavy atom. The summed E-state index contributed by atoms with van der Waals surface area (Å²) in [5, 5.41) is 14.0. The molecule has 0 aliphatic heterocycles. The topological polar surface area (TPSA) is 49.3 Å². The highest BCUT2D eigenvalue weighted by Crippen LogP contribution is 2.19. The van der Waals surface area contributed by atoms with Crippen LogP contribution in [0, 0.1) is 5.92 Å². The molecule has 0 aliphatic rings. The minimum Gasteiger partial charge on any atom is -0.481 e. The standard InChI is InChI=1S/C11H16BrNO2S/c1-8(11(14)15)2-4-13-5-3-10-6-9(12)7-16-10/h6-8,13H,2-5H2,1H3,(H,14,15). The van der Waals surface area contributed by atoms with E-state index >= 15 is 0 Å². The van der Waals surface area contributed by atoms with E-state index in [1.165, 1.54) is 4.88 Å². The highest BCUT2D eigenvalue weighted by molar-refractivity contribution is 9.10. The van der Waals surface area contributed by atoms with Crippen LogP contribution >= 0.6 is 27.3 Å². The number of aliphatic carboxylic acids is 1. The number of hydrogen-bond donors (Lipinski definition) is 2. The average Bonchev–Trinajstić information content (AvgIpc) is 2.63. The van der Waals surface area contributed by atoms with Crippen LogP contribution in [0.5, 0.6) is 0 Å². The molecule has 0 amide bonds. The first-order valence-corrected chi connectivity index (χ1v) is 6.93. The van der Waals surface area contributed by atoms with Gasteiger partial charge in [-0.3, -0.25) is 4.79 Å². The SMILES string of the molecule is CC(CCNCCc1cc(Br)cs1)C(=O)O. The molecule has 5 heteroatoms. The smallest absolute Gasteiger partial charge is 0.306 e. The van der Waals surface area contributed by atoms with Crippen molar-refractivity contribution in [3.63, 3.8) is 0 Å². The summed E-state index contributed by atoms with van der Waals surface area (Å²) in [6, 6.07) is 2.12. The first kappa shape index (κ1) is 13.7. The molecule has 0 aromatic carbocycles. The molecule has 0 saturated heterocycles. The van der Waals surface area contributed by atoms with Gasteiger partial charge in [-0.25, -0.2) is 0 Å². The molecule has 0 radical (unpaired) electrons. The molecule has 3 nitrogen and oxygen atoms in total. The van der Waals surface area contributed by atoms with E-state index in [0.717, 1.165) is 24.0 Å². The van der Waals surface area contributed by atoms with E-state index in [-0.39, 0.29) is 5.92 Å². The number of hydrogen-bond acceptors (Lipinski definition) is 3. The Bertz CT molecular complexity index is 340. The number of carboxylic acids is 1. The summed E-state index contributed by atoms with van der Waals surface area (Å²) >= 11 is 5.15. The Balaban J connectivity index is 2.06. The van der Waals surface area contributed by atoms with Gasteiger partial charge in [0, 0.05) is 14.7 Å². The monoisotopic (exact) mass is 305 g/mol. The fourth-order valence-corrected chi connectivity index (χ4v) is 2.72. The van der Waals surface area contributed by atoms with Crippen LogP contribution in [0.4, 0.5) is 0 Å². The molecule has 0 saturated carbocycles. The van der Waals surface area contributed by atoms with Crippen molar-refractivity contribution < 1.29 is 9.90 Å². The second kappa shape index (κ2) is 7.04. The van der Waals surface area contributed by atoms with Gasteiger partial charge in [0.15, 0.2) is 0 Å². The summed E-state index contributed by atoms with van der Waals surface area (Å²) in [7, 11) is 0. The lowest BCUT2D eigenvalue weighted by Crippen LogP contribution is -2.22. The summed E-state index contributed by atoms with van der Waals surface area (Å²) in [5.41, 5.74) is 0. The zero-order chi connectivity index (χ0) is 12.0. The highest BCUT2D eigenvalue weighted by atomic mass is 79.9. The predicted molar refractivity (Wildman–Crippen MR) is 70.0 cm³/mol. The van der Waals surface area contributed by atoms with Crippen molar-refractivity contribution in [1.29, 1.82) is 0 Å². The molecule has 1 rings (SSSR count). The third-order valence-electron chi connectivity index (χ3n) is 2.35. The second-order valence-corrected chi connectivity index (χ2v) is 5.67. The van der Waals surface area contributed by atoms with Gasteiger partial charge in [-0.05, 0) is 47.9 Å². The van der Waals surface area contributed by atoms with Crippen molar-refractivity contribution in [2.75, 3.05) is 13.1 Å². The van der Waals surface area contributed by atoms with Gasteiger partial charge >= 0.3 is 5.97 Å². The molecule has 0 spiro atoms. The molecule has 0 aliphatic carbocycles. The predicted octanol–water partition coefficient (Wildman–Crippen LogP) is 2.75. The van der Waals surface area contributed by atoms with Crippen LogP contribution < -0.4 is 5.32 Å². The minimum absolute atomic E-state index is 0.261. The van der Waals surface area contributed by atoms with E-state index in [1.807, 2.05) is 0 Å². The van der Waals surface area contributed by atoms with E-state index < -0.39 is 5.97 Å². The fourth-order valence-electron chi connectivity index (χ4n) is 1.26. The number of carbonyl (C=O) groups is 1. The van der Waals surface area contributed by atoms with Crippen molar-refractivity contribution in [1.82, 2.24) is 5.32 Å². The lowest BCUT2D eigenvalue weighted by molar-refractivity contribution is -0.141. The van der Waals surface area contributed by atoms with Gasteiger partial charge in [0.25, 0.3) is 0 Å². The highest BCUT2D eigenvalue weighted by Gasteiger charge is 2.09. The minimum atomic E-state index is -0.719. The summed E-state index contributed by atoms with van der Waals surface area (Å²) in [6.07, 6.45) is 1.68. The Kier molecular flexibility index (Phi) is 6.01. The van der Waals surface area contributed by atoms with E-state index in [2.05, 4.69) is 32.7 Å². The van der Waals surface area contributed by atoms with E-state index in [1.54, 1.807) is 18.3 Å². The molecule has 0 bridgehead atoms. The maximum Gasteiger partial charge on any atom is 0.306 e. The van der Waals surface area contributed by atoms with Crippen LogP contribution in [0.25, 0.3) is 0 Å². The van der Waals surface area contributed by atoms with Crippen LogP contribution in [0.3, 0.4) is 0 Å². The molecule has 1 atom stereocenters. The summed E-state index contributed by atoms with van der Waals surface area (Å²) in [4.78, 5) is 11.9. The van der Waals surface area contributed by atoms with Crippen LogP contribution in [0.1, 0.15) is 18.2 Å². The number of carboxylic acid groups (broad SMARTS) is 1. The van der Waals surface area contributed by atoms with Crippen molar-refractivity contribution in [3.8, 4) is 0 Å². The van der Waals surface area contributed by atoms with Crippen LogP contribution in [0.2, 0.25) is 0 Å². The van der Waals surface area contributed by atoms with E-state index in [9.17, 15) is 4.79 Å². The van der Waals surface area contributed by atoms with Crippen LogP contribution in [0.15, 0.2) is 15.9 Å². The summed E-state index contributed by atoms with van der Waals surface area (Å²) < 4.78 is 1.13. The zero-order valence-electron chi connectivity index (χ0n) is 9.20. The van der Waals surface area contributed by atoms with Gasteiger partial charge < -0.3 is 10.4 Å². The average molecular weight is 306 g/mol. The summed E-state index contributed by atoms with van der Waals surface area (Å²) in [5.74, 6) is -0.979. The number of thiophene rings is 1. The van der Waals surface area contributed by atoms with Crippen molar-refractivity contribution in [2.24, 2.45) is 5.92 Å². The normalized spacial score (nSPS) is 12.6. The van der Waals surface area contributed by atoms with Crippen LogP contribution in [-0.4, -0.2) is 24.2 Å². The molecular weight excluding hydrogens is 290 g/mol. The molecule has 1 aromatic rings. The van der Waals surface area contributed by atoms with Gasteiger partial charge in [-0.1, -0.05) is 6.92 Å². The van der Waals surface area contributed by atoms with Crippen molar-refractivity contribution in [2.45, 2.75) is 19.8 Å². The van der Waals surface area contributed by atoms with Gasteiger partial charge in [0.1, 0.15) is 0 Å². The van der Waals surface area contributed by atoms with Gasteiger partial charge in [0.2, 0.25) is 0 Å². The Morgan fingerprint density at radius 3 is 2.94 bits per heavy atom. The summed E-state index contributed by atoms with van der Waals surface area (Å²) in [6.45, 7) is 3.40. The molecular formula is C11H16BrNO2S. The first-order chi connectivity index (χ1) is 7.59. The van der Waals surface area contributed by atoms with Crippen LogP contribution in [-0.2, 0) is 11.2 Å². The Morgan fingerprint density at radius 1 is 1.62 bits per heavy atom. The maximum absolute atomic E-state index is 10.6. The third kappa shape index (κ3) is 5.09. The molecule has 1 aromatic heterocycles. The quantitative estimate of drug-likeness (QED) is 0.762. The lowest BCUT2D eigenvalue weighted by Gasteiger charge is -2.06. The Labute approximate surface area is 108 Å². The lowest BCUT2D eigenvalue weighted by atomic mass is 10.1. The largest absolute Gasteiger partial charge is 0.481 e. The van der Waals surface area contributed by atoms with Gasteiger partial charge in [0.05, 0.1) is 5.92 Å². The fraction of sp³-hybridized carbons (Fsp3) is 0.545. The molecule has 2 N–H and O–H groups in total.